The highest BCUT2D eigenvalue weighted by molar-refractivity contribution is 6.35. The molecule has 1 atom stereocenters. The quantitative estimate of drug-likeness (QED) is 0.909. The van der Waals surface area contributed by atoms with Crippen LogP contribution in [0.15, 0.2) is 22.7 Å². The number of halogens is 2. The standard InChI is InChI=1S/C15H16Cl2N2O2/c1-4-13-14(9(3)19-21-13)15(20)18-8(2)11-6-5-10(16)7-12(11)17/h5-8H,4H2,1-3H3,(H,18,20). The average Bonchev–Trinajstić information content (AvgIpc) is 2.79. The van der Waals surface area contributed by atoms with E-state index < -0.39 is 0 Å². The second kappa shape index (κ2) is 6.50. The van der Waals surface area contributed by atoms with Gasteiger partial charge in [0.05, 0.1) is 11.7 Å². The number of rotatable bonds is 4. The van der Waals surface area contributed by atoms with Crippen LogP contribution in [0.3, 0.4) is 0 Å². The van der Waals surface area contributed by atoms with Crippen molar-refractivity contribution in [3.63, 3.8) is 0 Å². The van der Waals surface area contributed by atoms with Gasteiger partial charge in [-0.2, -0.15) is 0 Å². The first-order chi connectivity index (χ1) is 9.93. The molecule has 6 heteroatoms. The largest absolute Gasteiger partial charge is 0.360 e. The molecule has 2 rings (SSSR count). The van der Waals surface area contributed by atoms with Gasteiger partial charge in [0, 0.05) is 16.5 Å². The fourth-order valence-electron chi connectivity index (χ4n) is 2.15. The second-order valence-electron chi connectivity index (χ2n) is 4.78. The fraction of sp³-hybridized carbons (Fsp3) is 0.333. The van der Waals surface area contributed by atoms with Crippen LogP contribution < -0.4 is 5.32 Å². The first-order valence-corrected chi connectivity index (χ1v) is 7.40. The molecule has 1 unspecified atom stereocenters. The maximum absolute atomic E-state index is 12.4. The molecule has 1 heterocycles. The predicted molar refractivity (Wildman–Crippen MR) is 83.0 cm³/mol. The van der Waals surface area contributed by atoms with Crippen LogP contribution in [0, 0.1) is 6.92 Å². The molecule has 112 valence electrons. The van der Waals surface area contributed by atoms with Gasteiger partial charge in [0.2, 0.25) is 0 Å². The average molecular weight is 327 g/mol. The lowest BCUT2D eigenvalue weighted by atomic mass is 10.1. The molecule has 1 amide bonds. The Morgan fingerprint density at radius 2 is 2.14 bits per heavy atom. The number of aryl methyl sites for hydroxylation is 2. The van der Waals surface area contributed by atoms with E-state index in [2.05, 4.69) is 10.5 Å². The third-order valence-corrected chi connectivity index (χ3v) is 3.82. The summed E-state index contributed by atoms with van der Waals surface area (Å²) in [4.78, 5) is 12.4. The van der Waals surface area contributed by atoms with Crippen molar-refractivity contribution in [3.8, 4) is 0 Å². The van der Waals surface area contributed by atoms with E-state index in [9.17, 15) is 4.79 Å². The molecule has 0 radical (unpaired) electrons. The van der Waals surface area contributed by atoms with Crippen LogP contribution in [0.2, 0.25) is 10.0 Å². The van der Waals surface area contributed by atoms with Crippen LogP contribution in [0.5, 0.6) is 0 Å². The molecule has 1 N–H and O–H groups in total. The van der Waals surface area contributed by atoms with Gasteiger partial charge in [0.1, 0.15) is 11.3 Å². The van der Waals surface area contributed by atoms with E-state index in [1.54, 1.807) is 25.1 Å². The molecular formula is C15H16Cl2N2O2. The molecule has 0 saturated carbocycles. The number of hydrogen-bond acceptors (Lipinski definition) is 3. The van der Waals surface area contributed by atoms with E-state index in [1.165, 1.54) is 0 Å². The molecule has 0 aliphatic rings. The SMILES string of the molecule is CCc1onc(C)c1C(=O)NC(C)c1ccc(Cl)cc1Cl. The van der Waals surface area contributed by atoms with Gasteiger partial charge in [-0.15, -0.1) is 0 Å². The molecule has 0 spiro atoms. The van der Waals surface area contributed by atoms with E-state index in [1.807, 2.05) is 13.8 Å². The number of benzene rings is 1. The zero-order chi connectivity index (χ0) is 15.6. The van der Waals surface area contributed by atoms with E-state index in [0.29, 0.717) is 33.5 Å². The summed E-state index contributed by atoms with van der Waals surface area (Å²) in [6.45, 7) is 5.52. The molecule has 1 aromatic heterocycles. The van der Waals surface area contributed by atoms with Crippen molar-refractivity contribution in [2.45, 2.75) is 33.2 Å². The molecule has 1 aromatic carbocycles. The summed E-state index contributed by atoms with van der Waals surface area (Å²) in [5.41, 5.74) is 1.88. The summed E-state index contributed by atoms with van der Waals surface area (Å²) < 4.78 is 5.14. The lowest BCUT2D eigenvalue weighted by molar-refractivity contribution is 0.0937. The van der Waals surface area contributed by atoms with Crippen LogP contribution in [-0.4, -0.2) is 11.1 Å². The topological polar surface area (TPSA) is 55.1 Å². The van der Waals surface area contributed by atoms with Gasteiger partial charge >= 0.3 is 0 Å². The third-order valence-electron chi connectivity index (χ3n) is 3.26. The van der Waals surface area contributed by atoms with E-state index in [4.69, 9.17) is 27.7 Å². The summed E-state index contributed by atoms with van der Waals surface area (Å²) in [6.07, 6.45) is 0.611. The van der Waals surface area contributed by atoms with Crippen molar-refractivity contribution in [2.24, 2.45) is 0 Å². The molecule has 0 saturated heterocycles. The van der Waals surface area contributed by atoms with Crippen molar-refractivity contribution in [2.75, 3.05) is 0 Å². The highest BCUT2D eigenvalue weighted by Gasteiger charge is 2.21. The fourth-order valence-corrected chi connectivity index (χ4v) is 2.72. The number of aromatic nitrogens is 1. The molecule has 0 bridgehead atoms. The molecule has 21 heavy (non-hydrogen) atoms. The smallest absolute Gasteiger partial charge is 0.257 e. The zero-order valence-electron chi connectivity index (χ0n) is 12.0. The molecule has 2 aromatic rings. The Hall–Kier alpha value is -1.52. The molecular weight excluding hydrogens is 311 g/mol. The third kappa shape index (κ3) is 3.39. The van der Waals surface area contributed by atoms with Crippen molar-refractivity contribution in [1.29, 1.82) is 0 Å². The highest BCUT2D eigenvalue weighted by atomic mass is 35.5. The minimum atomic E-state index is -0.249. The number of nitrogens with one attached hydrogen (secondary N) is 1. The minimum Gasteiger partial charge on any atom is -0.360 e. The molecule has 4 nitrogen and oxygen atoms in total. The first kappa shape index (κ1) is 15.9. The van der Waals surface area contributed by atoms with E-state index in [0.717, 1.165) is 5.56 Å². The summed E-state index contributed by atoms with van der Waals surface area (Å²) in [5.74, 6) is 0.364. The molecule has 0 aliphatic carbocycles. The van der Waals surface area contributed by atoms with Crippen molar-refractivity contribution in [3.05, 3.63) is 50.8 Å². The lowest BCUT2D eigenvalue weighted by Gasteiger charge is -2.16. The normalized spacial score (nSPS) is 12.2. The van der Waals surface area contributed by atoms with E-state index >= 15 is 0 Å². The van der Waals surface area contributed by atoms with Gasteiger partial charge in [0.15, 0.2) is 0 Å². The Kier molecular flexibility index (Phi) is 4.91. The van der Waals surface area contributed by atoms with Crippen LogP contribution in [0.25, 0.3) is 0 Å². The Morgan fingerprint density at radius 3 is 2.76 bits per heavy atom. The van der Waals surface area contributed by atoms with Crippen LogP contribution >= 0.6 is 23.2 Å². The maximum atomic E-state index is 12.4. The van der Waals surface area contributed by atoms with Gasteiger partial charge in [-0.25, -0.2) is 0 Å². The first-order valence-electron chi connectivity index (χ1n) is 6.65. The van der Waals surface area contributed by atoms with Crippen LogP contribution in [-0.2, 0) is 6.42 Å². The zero-order valence-corrected chi connectivity index (χ0v) is 13.5. The Labute approximate surface area is 133 Å². The van der Waals surface area contributed by atoms with Crippen molar-refractivity contribution >= 4 is 29.1 Å². The summed E-state index contributed by atoms with van der Waals surface area (Å²) >= 11 is 12.0. The van der Waals surface area contributed by atoms with Crippen LogP contribution in [0.1, 0.15) is 47.3 Å². The highest BCUT2D eigenvalue weighted by Crippen LogP contribution is 2.26. The maximum Gasteiger partial charge on any atom is 0.257 e. The number of nitrogens with zero attached hydrogens (tertiary/aromatic N) is 1. The Morgan fingerprint density at radius 1 is 1.43 bits per heavy atom. The second-order valence-corrected chi connectivity index (χ2v) is 5.62. The Balaban J connectivity index is 2.21. The lowest BCUT2D eigenvalue weighted by Crippen LogP contribution is -2.27. The van der Waals surface area contributed by atoms with Crippen molar-refractivity contribution in [1.82, 2.24) is 10.5 Å². The van der Waals surface area contributed by atoms with E-state index in [-0.39, 0.29) is 11.9 Å². The van der Waals surface area contributed by atoms with Gasteiger partial charge in [-0.3, -0.25) is 4.79 Å². The van der Waals surface area contributed by atoms with Gasteiger partial charge < -0.3 is 9.84 Å². The van der Waals surface area contributed by atoms with Gasteiger partial charge in [0.25, 0.3) is 5.91 Å². The molecule has 0 fully saturated rings. The minimum absolute atomic E-state index is 0.218. The number of amides is 1. The summed E-state index contributed by atoms with van der Waals surface area (Å²) in [5, 5.41) is 7.83. The number of carbonyl (C=O) groups is 1. The summed E-state index contributed by atoms with van der Waals surface area (Å²) in [6, 6.07) is 4.95. The number of hydrogen-bond donors (Lipinski definition) is 1. The van der Waals surface area contributed by atoms with Gasteiger partial charge in [-0.05, 0) is 31.5 Å². The Bertz CT molecular complexity index is 668. The van der Waals surface area contributed by atoms with Gasteiger partial charge in [-0.1, -0.05) is 41.3 Å². The predicted octanol–water partition coefficient (Wildman–Crippen LogP) is 4.34. The molecule has 0 aliphatic heterocycles. The van der Waals surface area contributed by atoms with Crippen LogP contribution in [0.4, 0.5) is 0 Å². The number of carbonyl (C=O) groups excluding carboxylic acids is 1. The van der Waals surface area contributed by atoms with Crippen molar-refractivity contribution < 1.29 is 9.32 Å². The monoisotopic (exact) mass is 326 g/mol. The summed E-state index contributed by atoms with van der Waals surface area (Å²) in [7, 11) is 0.